The van der Waals surface area contributed by atoms with Crippen LogP contribution in [-0.4, -0.2) is 48.9 Å². The maximum absolute atomic E-state index is 13.3. The minimum atomic E-state index is -0.741. The fourth-order valence-corrected chi connectivity index (χ4v) is 4.23. The topological polar surface area (TPSA) is 103 Å². The standard InChI is InChI=1S/C20H17N5O3S/c1-11-22-7-17(29-11)14-5-13-19(18(24-14)12-3-2-4-21-6-12)23-10-25(20(13)27)15-8-28-9-16(15)26/h2-7,10,15-16,26H,8-9H2,1H3/t15-,16-/m1/s1. The number of nitrogens with zero attached hydrogens (tertiary/aromatic N) is 5. The molecule has 0 unspecified atom stereocenters. The van der Waals surface area contributed by atoms with E-state index in [0.717, 1.165) is 15.4 Å². The lowest BCUT2D eigenvalue weighted by Crippen LogP contribution is -2.32. The van der Waals surface area contributed by atoms with Crippen molar-refractivity contribution >= 4 is 22.2 Å². The second-order valence-corrected chi connectivity index (χ2v) is 8.10. The molecule has 8 nitrogen and oxygen atoms in total. The molecule has 0 aliphatic carbocycles. The number of ether oxygens (including phenoxy) is 1. The summed E-state index contributed by atoms with van der Waals surface area (Å²) in [6, 6.07) is 5.00. The molecule has 1 N–H and O–H groups in total. The maximum atomic E-state index is 13.3. The highest BCUT2D eigenvalue weighted by Gasteiger charge is 2.29. The van der Waals surface area contributed by atoms with Crippen LogP contribution in [0.15, 0.2) is 47.9 Å². The number of hydrogen-bond donors (Lipinski definition) is 1. The van der Waals surface area contributed by atoms with Crippen molar-refractivity contribution in [3.8, 4) is 21.8 Å². The van der Waals surface area contributed by atoms with Gasteiger partial charge in [0, 0.05) is 24.2 Å². The van der Waals surface area contributed by atoms with E-state index in [1.54, 1.807) is 24.7 Å². The van der Waals surface area contributed by atoms with Crippen molar-refractivity contribution < 1.29 is 9.84 Å². The van der Waals surface area contributed by atoms with Gasteiger partial charge >= 0.3 is 0 Å². The molecule has 0 spiro atoms. The lowest BCUT2D eigenvalue weighted by molar-refractivity contribution is 0.119. The summed E-state index contributed by atoms with van der Waals surface area (Å²) in [5.74, 6) is 0. The van der Waals surface area contributed by atoms with Gasteiger partial charge in [0.1, 0.15) is 11.6 Å². The molecule has 1 saturated heterocycles. The molecule has 4 aromatic heterocycles. The van der Waals surface area contributed by atoms with E-state index in [2.05, 4.69) is 15.0 Å². The van der Waals surface area contributed by atoms with Gasteiger partial charge in [-0.1, -0.05) is 0 Å². The Kier molecular flexibility index (Phi) is 4.42. The van der Waals surface area contributed by atoms with Crippen LogP contribution in [0.5, 0.6) is 0 Å². The van der Waals surface area contributed by atoms with E-state index in [-0.39, 0.29) is 18.8 Å². The average Bonchev–Trinajstić information content (AvgIpc) is 3.37. The lowest BCUT2D eigenvalue weighted by Gasteiger charge is -2.16. The normalized spacial score (nSPS) is 19.1. The molecule has 146 valence electrons. The van der Waals surface area contributed by atoms with E-state index in [9.17, 15) is 9.90 Å². The molecule has 5 rings (SSSR count). The summed E-state index contributed by atoms with van der Waals surface area (Å²) in [6.45, 7) is 2.40. The van der Waals surface area contributed by atoms with Crippen molar-refractivity contribution in [2.24, 2.45) is 0 Å². The molecule has 0 amide bonds. The highest BCUT2D eigenvalue weighted by Crippen LogP contribution is 2.31. The average molecular weight is 407 g/mol. The number of rotatable bonds is 3. The molecule has 29 heavy (non-hydrogen) atoms. The van der Waals surface area contributed by atoms with Crippen molar-refractivity contribution in [3.05, 3.63) is 58.5 Å². The molecule has 4 aromatic rings. The zero-order chi connectivity index (χ0) is 20.0. The minimum absolute atomic E-state index is 0.206. The van der Waals surface area contributed by atoms with Crippen LogP contribution in [-0.2, 0) is 4.74 Å². The smallest absolute Gasteiger partial charge is 0.261 e. The molecular formula is C20H17N5O3S. The van der Waals surface area contributed by atoms with Crippen molar-refractivity contribution in [2.45, 2.75) is 19.1 Å². The number of thiazole rings is 1. The monoisotopic (exact) mass is 407 g/mol. The maximum Gasteiger partial charge on any atom is 0.261 e. The first-order chi connectivity index (χ1) is 14.1. The van der Waals surface area contributed by atoms with Gasteiger partial charge in [-0.25, -0.2) is 15.0 Å². The Bertz CT molecular complexity index is 1250. The van der Waals surface area contributed by atoms with Gasteiger partial charge in [-0.15, -0.1) is 11.3 Å². The number of aliphatic hydroxyl groups is 1. The summed E-state index contributed by atoms with van der Waals surface area (Å²) in [5.41, 5.74) is 2.28. The molecular weight excluding hydrogens is 390 g/mol. The van der Waals surface area contributed by atoms with Crippen LogP contribution in [0.2, 0.25) is 0 Å². The van der Waals surface area contributed by atoms with Crippen molar-refractivity contribution in [2.75, 3.05) is 13.2 Å². The molecule has 0 saturated carbocycles. The van der Waals surface area contributed by atoms with Crippen LogP contribution in [0.4, 0.5) is 0 Å². The zero-order valence-corrected chi connectivity index (χ0v) is 16.3. The fraction of sp³-hybridized carbons (Fsp3) is 0.250. The Morgan fingerprint density at radius 2 is 2.17 bits per heavy atom. The predicted octanol–water partition coefficient (Wildman–Crippen LogP) is 2.22. The highest BCUT2D eigenvalue weighted by molar-refractivity contribution is 7.15. The first kappa shape index (κ1) is 18.0. The third kappa shape index (κ3) is 3.13. The van der Waals surface area contributed by atoms with Crippen LogP contribution in [0.3, 0.4) is 0 Å². The van der Waals surface area contributed by atoms with Crippen LogP contribution < -0.4 is 5.56 Å². The minimum Gasteiger partial charge on any atom is -0.388 e. The Hall–Kier alpha value is -3.01. The Labute approximate surface area is 169 Å². The second kappa shape index (κ2) is 7.11. The summed E-state index contributed by atoms with van der Waals surface area (Å²) in [7, 11) is 0. The Balaban J connectivity index is 1.79. The van der Waals surface area contributed by atoms with Gasteiger partial charge in [0.25, 0.3) is 5.56 Å². The van der Waals surface area contributed by atoms with Crippen molar-refractivity contribution in [1.82, 2.24) is 24.5 Å². The van der Waals surface area contributed by atoms with Gasteiger partial charge in [0.2, 0.25) is 0 Å². The second-order valence-electron chi connectivity index (χ2n) is 6.87. The van der Waals surface area contributed by atoms with Gasteiger partial charge in [0.05, 0.1) is 52.2 Å². The van der Waals surface area contributed by atoms with E-state index in [4.69, 9.17) is 9.72 Å². The van der Waals surface area contributed by atoms with Crippen LogP contribution in [0, 0.1) is 6.92 Å². The number of aromatic nitrogens is 5. The molecule has 1 aliphatic heterocycles. The molecule has 9 heteroatoms. The molecule has 0 aromatic carbocycles. The van der Waals surface area contributed by atoms with E-state index < -0.39 is 12.1 Å². The molecule has 1 aliphatic rings. The first-order valence-electron chi connectivity index (χ1n) is 9.13. The lowest BCUT2D eigenvalue weighted by atomic mass is 10.1. The highest BCUT2D eigenvalue weighted by atomic mass is 32.1. The number of pyridine rings is 2. The van der Waals surface area contributed by atoms with Gasteiger partial charge in [0.15, 0.2) is 0 Å². The quantitative estimate of drug-likeness (QED) is 0.555. The molecule has 1 fully saturated rings. The Morgan fingerprint density at radius 3 is 2.86 bits per heavy atom. The number of fused-ring (bicyclic) bond motifs is 1. The summed E-state index contributed by atoms with van der Waals surface area (Å²) in [4.78, 5) is 32.0. The molecule has 0 radical (unpaired) electrons. The van der Waals surface area contributed by atoms with Gasteiger partial charge in [-0.05, 0) is 25.1 Å². The van der Waals surface area contributed by atoms with Crippen LogP contribution >= 0.6 is 11.3 Å². The number of aliphatic hydroxyl groups excluding tert-OH is 1. The van der Waals surface area contributed by atoms with E-state index in [0.29, 0.717) is 22.3 Å². The zero-order valence-electron chi connectivity index (χ0n) is 15.5. The van der Waals surface area contributed by atoms with Gasteiger partial charge in [-0.3, -0.25) is 14.3 Å². The van der Waals surface area contributed by atoms with Gasteiger partial charge in [-0.2, -0.15) is 0 Å². The van der Waals surface area contributed by atoms with Crippen molar-refractivity contribution in [1.29, 1.82) is 0 Å². The van der Waals surface area contributed by atoms with E-state index in [1.807, 2.05) is 19.1 Å². The van der Waals surface area contributed by atoms with Crippen molar-refractivity contribution in [3.63, 3.8) is 0 Å². The largest absolute Gasteiger partial charge is 0.388 e. The predicted molar refractivity (Wildman–Crippen MR) is 109 cm³/mol. The SMILES string of the molecule is Cc1ncc(-c2cc3c(=O)n([C@@H]4COC[C@H]4O)cnc3c(-c3cccnc3)n2)s1. The third-order valence-electron chi connectivity index (χ3n) is 4.96. The van der Waals surface area contributed by atoms with E-state index >= 15 is 0 Å². The summed E-state index contributed by atoms with van der Waals surface area (Å²) in [5, 5.41) is 11.5. The number of aryl methyl sites for hydroxylation is 1. The summed E-state index contributed by atoms with van der Waals surface area (Å²) < 4.78 is 6.77. The first-order valence-corrected chi connectivity index (χ1v) is 9.94. The summed E-state index contributed by atoms with van der Waals surface area (Å²) in [6.07, 6.45) is 5.86. The fourth-order valence-electron chi connectivity index (χ4n) is 3.49. The molecule has 0 bridgehead atoms. The molecule has 5 heterocycles. The van der Waals surface area contributed by atoms with Gasteiger partial charge < -0.3 is 9.84 Å². The van der Waals surface area contributed by atoms with E-state index in [1.165, 1.54) is 22.2 Å². The third-order valence-corrected chi connectivity index (χ3v) is 5.89. The number of hydrogen-bond acceptors (Lipinski definition) is 8. The molecule has 2 atom stereocenters. The van der Waals surface area contributed by atoms with Crippen LogP contribution in [0.1, 0.15) is 11.0 Å². The summed E-state index contributed by atoms with van der Waals surface area (Å²) >= 11 is 1.51. The van der Waals surface area contributed by atoms with Crippen LogP contribution in [0.25, 0.3) is 32.7 Å². The Morgan fingerprint density at radius 1 is 1.28 bits per heavy atom.